The van der Waals surface area contributed by atoms with Crippen molar-refractivity contribution in [2.75, 3.05) is 11.1 Å². The van der Waals surface area contributed by atoms with Gasteiger partial charge in [0.15, 0.2) is 11.6 Å². The lowest BCUT2D eigenvalue weighted by Crippen LogP contribution is -2.14. The molecule has 27 heavy (non-hydrogen) atoms. The Balaban J connectivity index is 1.60. The minimum Gasteiger partial charge on any atom is -0.325 e. The topological polar surface area (TPSA) is 87.7 Å². The smallest absolute Gasteiger partial charge is 0.234 e. The number of Topliss-reactive ketones (excluding diaryl/α,β-unsaturated/α-hetero) is 1. The molecule has 0 fully saturated rings. The molecule has 0 unspecified atom stereocenters. The van der Waals surface area contributed by atoms with E-state index in [1.54, 1.807) is 42.5 Å². The van der Waals surface area contributed by atoms with Gasteiger partial charge in [-0.1, -0.05) is 47.1 Å². The molecular formula is C18H14Cl2N4O2S. The van der Waals surface area contributed by atoms with Crippen LogP contribution in [-0.2, 0) is 4.79 Å². The molecule has 3 aromatic rings. The number of rotatable bonds is 6. The highest BCUT2D eigenvalue weighted by Crippen LogP contribution is 2.29. The number of halogens is 2. The van der Waals surface area contributed by atoms with Crippen molar-refractivity contribution in [2.45, 2.75) is 12.1 Å². The maximum atomic E-state index is 12.1. The van der Waals surface area contributed by atoms with Gasteiger partial charge in [-0.25, -0.2) is 4.98 Å². The minimum absolute atomic E-state index is 0.0606. The van der Waals surface area contributed by atoms with Crippen LogP contribution in [0.25, 0.3) is 11.4 Å². The van der Waals surface area contributed by atoms with Gasteiger partial charge in [0, 0.05) is 21.8 Å². The van der Waals surface area contributed by atoms with Crippen molar-refractivity contribution in [3.63, 3.8) is 0 Å². The molecule has 1 amide bonds. The second-order valence-electron chi connectivity index (χ2n) is 5.56. The average Bonchev–Trinajstić information content (AvgIpc) is 3.09. The van der Waals surface area contributed by atoms with E-state index >= 15 is 0 Å². The summed E-state index contributed by atoms with van der Waals surface area (Å²) in [5, 5.41) is 11.0. The first-order valence-corrected chi connectivity index (χ1v) is 9.58. The van der Waals surface area contributed by atoms with E-state index in [2.05, 4.69) is 20.5 Å². The minimum atomic E-state index is -0.225. The summed E-state index contributed by atoms with van der Waals surface area (Å²) >= 11 is 13.2. The summed E-state index contributed by atoms with van der Waals surface area (Å²) in [7, 11) is 0. The number of nitrogens with zero attached hydrogens (tertiary/aromatic N) is 2. The molecule has 0 radical (unpaired) electrons. The number of aromatic amines is 1. The number of hydrogen-bond acceptors (Lipinski definition) is 5. The maximum Gasteiger partial charge on any atom is 0.234 e. The molecule has 138 valence electrons. The summed E-state index contributed by atoms with van der Waals surface area (Å²) in [4.78, 5) is 27.9. The van der Waals surface area contributed by atoms with Crippen molar-refractivity contribution in [3.05, 3.63) is 58.1 Å². The predicted molar refractivity (Wildman–Crippen MR) is 108 cm³/mol. The number of carbonyl (C=O) groups is 2. The van der Waals surface area contributed by atoms with E-state index in [0.717, 1.165) is 0 Å². The van der Waals surface area contributed by atoms with Crippen LogP contribution in [0.1, 0.15) is 17.3 Å². The molecular weight excluding hydrogens is 407 g/mol. The molecule has 0 bridgehead atoms. The number of amides is 1. The van der Waals surface area contributed by atoms with Crippen LogP contribution in [0, 0.1) is 0 Å². The molecule has 9 heteroatoms. The van der Waals surface area contributed by atoms with E-state index in [1.807, 2.05) is 0 Å². The van der Waals surface area contributed by atoms with Gasteiger partial charge >= 0.3 is 0 Å². The van der Waals surface area contributed by atoms with Crippen molar-refractivity contribution < 1.29 is 9.59 Å². The normalized spacial score (nSPS) is 10.6. The first kappa shape index (κ1) is 19.4. The lowest BCUT2D eigenvalue weighted by Gasteiger charge is -2.05. The van der Waals surface area contributed by atoms with Crippen LogP contribution < -0.4 is 5.32 Å². The van der Waals surface area contributed by atoms with Gasteiger partial charge in [-0.05, 0) is 37.3 Å². The molecule has 6 nitrogen and oxygen atoms in total. The molecule has 1 heterocycles. The van der Waals surface area contributed by atoms with Crippen molar-refractivity contribution in [1.82, 2.24) is 15.2 Å². The van der Waals surface area contributed by atoms with Crippen LogP contribution in [0.2, 0.25) is 10.0 Å². The lowest BCUT2D eigenvalue weighted by molar-refractivity contribution is -0.113. The molecule has 0 aliphatic carbocycles. The Kier molecular flexibility index (Phi) is 6.15. The predicted octanol–water partition coefficient (Wildman–Crippen LogP) is 4.71. The largest absolute Gasteiger partial charge is 0.325 e. The SMILES string of the molecule is CC(=O)c1cccc(NC(=O)CSc2n[nH]c(-c3ccc(Cl)cc3Cl)n2)c1. The second kappa shape index (κ2) is 8.56. The summed E-state index contributed by atoms with van der Waals surface area (Å²) in [6.45, 7) is 1.48. The summed E-state index contributed by atoms with van der Waals surface area (Å²) in [6.07, 6.45) is 0. The summed E-state index contributed by atoms with van der Waals surface area (Å²) < 4.78 is 0. The summed E-state index contributed by atoms with van der Waals surface area (Å²) in [5.74, 6) is 0.329. The molecule has 1 aromatic heterocycles. The molecule has 0 atom stereocenters. The van der Waals surface area contributed by atoms with Gasteiger partial charge in [0.1, 0.15) is 0 Å². The van der Waals surface area contributed by atoms with E-state index in [4.69, 9.17) is 23.2 Å². The fourth-order valence-corrected chi connectivity index (χ4v) is 3.35. The fraction of sp³-hybridized carbons (Fsp3) is 0.111. The third-order valence-corrected chi connectivity index (χ3v) is 4.93. The van der Waals surface area contributed by atoms with Gasteiger partial charge in [-0.2, -0.15) is 0 Å². The van der Waals surface area contributed by atoms with E-state index in [-0.39, 0.29) is 17.4 Å². The zero-order valence-electron chi connectivity index (χ0n) is 14.1. The Hall–Kier alpha value is -2.35. The van der Waals surface area contributed by atoms with Gasteiger partial charge in [0.2, 0.25) is 11.1 Å². The molecule has 2 aromatic carbocycles. The Bertz CT molecular complexity index is 1010. The first-order chi connectivity index (χ1) is 12.9. The van der Waals surface area contributed by atoms with Gasteiger partial charge in [-0.3, -0.25) is 14.7 Å². The van der Waals surface area contributed by atoms with Crippen molar-refractivity contribution in [3.8, 4) is 11.4 Å². The Morgan fingerprint density at radius 2 is 2.00 bits per heavy atom. The van der Waals surface area contributed by atoms with E-state index in [9.17, 15) is 9.59 Å². The van der Waals surface area contributed by atoms with Gasteiger partial charge in [0.25, 0.3) is 0 Å². The van der Waals surface area contributed by atoms with Crippen molar-refractivity contribution >= 4 is 52.3 Å². The fourth-order valence-electron chi connectivity index (χ4n) is 2.26. The van der Waals surface area contributed by atoms with Crippen LogP contribution >= 0.6 is 35.0 Å². The van der Waals surface area contributed by atoms with Crippen LogP contribution in [0.5, 0.6) is 0 Å². The Labute approximate surface area is 169 Å². The number of anilines is 1. The molecule has 0 aliphatic heterocycles. The number of H-pyrrole nitrogens is 1. The first-order valence-electron chi connectivity index (χ1n) is 7.84. The number of thioether (sulfide) groups is 1. The number of aromatic nitrogens is 3. The van der Waals surface area contributed by atoms with Gasteiger partial charge < -0.3 is 5.32 Å². The van der Waals surface area contributed by atoms with Crippen LogP contribution in [0.3, 0.4) is 0 Å². The number of nitrogens with one attached hydrogen (secondary N) is 2. The van der Waals surface area contributed by atoms with Gasteiger partial charge in [-0.15, -0.1) is 5.10 Å². The molecule has 3 rings (SSSR count). The maximum absolute atomic E-state index is 12.1. The molecule has 0 spiro atoms. The quantitative estimate of drug-likeness (QED) is 0.445. The molecule has 0 saturated heterocycles. The lowest BCUT2D eigenvalue weighted by atomic mass is 10.1. The molecule has 0 aliphatic rings. The molecule has 2 N–H and O–H groups in total. The van der Waals surface area contributed by atoms with Crippen molar-refractivity contribution in [1.29, 1.82) is 0 Å². The Morgan fingerprint density at radius 1 is 1.19 bits per heavy atom. The van der Waals surface area contributed by atoms with E-state index < -0.39 is 0 Å². The summed E-state index contributed by atoms with van der Waals surface area (Å²) in [5.41, 5.74) is 1.78. The van der Waals surface area contributed by atoms with Crippen LogP contribution in [-0.4, -0.2) is 32.6 Å². The Morgan fingerprint density at radius 3 is 2.74 bits per heavy atom. The monoisotopic (exact) mass is 420 g/mol. The zero-order chi connectivity index (χ0) is 19.4. The number of carbonyl (C=O) groups excluding carboxylic acids is 2. The number of hydrogen-bond donors (Lipinski definition) is 2. The third kappa shape index (κ3) is 5.09. The van der Waals surface area contributed by atoms with Crippen LogP contribution in [0.15, 0.2) is 47.6 Å². The third-order valence-electron chi connectivity index (χ3n) is 3.54. The number of benzene rings is 2. The standard InChI is InChI=1S/C18H14Cl2N4O2S/c1-10(25)11-3-2-4-13(7-11)21-16(26)9-27-18-22-17(23-24-18)14-6-5-12(19)8-15(14)20/h2-8H,9H2,1H3,(H,21,26)(H,22,23,24). The van der Waals surface area contributed by atoms with E-state index in [1.165, 1.54) is 18.7 Å². The second-order valence-corrected chi connectivity index (χ2v) is 7.35. The highest BCUT2D eigenvalue weighted by atomic mass is 35.5. The number of ketones is 1. The highest BCUT2D eigenvalue weighted by molar-refractivity contribution is 7.99. The zero-order valence-corrected chi connectivity index (χ0v) is 16.5. The van der Waals surface area contributed by atoms with Crippen molar-refractivity contribution in [2.24, 2.45) is 0 Å². The summed E-state index contributed by atoms with van der Waals surface area (Å²) in [6, 6.07) is 11.9. The van der Waals surface area contributed by atoms with Crippen LogP contribution in [0.4, 0.5) is 5.69 Å². The van der Waals surface area contributed by atoms with E-state index in [0.29, 0.717) is 37.8 Å². The highest BCUT2D eigenvalue weighted by Gasteiger charge is 2.12. The molecule has 0 saturated carbocycles. The average molecular weight is 421 g/mol. The van der Waals surface area contributed by atoms with Gasteiger partial charge in [0.05, 0.1) is 10.8 Å².